The summed E-state index contributed by atoms with van der Waals surface area (Å²) in [5.41, 5.74) is 7.19. The van der Waals surface area contributed by atoms with Crippen LogP contribution < -0.4 is 11.1 Å². The second kappa shape index (κ2) is 28.2. The van der Waals surface area contributed by atoms with E-state index >= 15 is 0 Å². The van der Waals surface area contributed by atoms with E-state index in [-0.39, 0.29) is 60.3 Å². The molecule has 59 heavy (non-hydrogen) atoms. The first kappa shape index (κ1) is 52.7. The van der Waals surface area contributed by atoms with E-state index < -0.39 is 35.8 Å². The third kappa shape index (κ3) is 21.5. The Labute approximate surface area is 350 Å². The van der Waals surface area contributed by atoms with Gasteiger partial charge in [-0.05, 0) is 96.5 Å². The van der Waals surface area contributed by atoms with Crippen molar-refractivity contribution in [3.63, 3.8) is 0 Å². The van der Waals surface area contributed by atoms with Crippen LogP contribution in [0.1, 0.15) is 91.2 Å². The van der Waals surface area contributed by atoms with Crippen molar-refractivity contribution in [2.24, 2.45) is 23.5 Å². The molecular formula is C45H70N4O10. The number of ketones is 3. The van der Waals surface area contributed by atoms with Gasteiger partial charge in [0.25, 0.3) is 0 Å². The van der Waals surface area contributed by atoms with Gasteiger partial charge in [-0.2, -0.15) is 0 Å². The molecule has 2 aliphatic rings. The van der Waals surface area contributed by atoms with Gasteiger partial charge >= 0.3 is 11.9 Å². The average molecular weight is 827 g/mol. The summed E-state index contributed by atoms with van der Waals surface area (Å²) in [7, 11) is 1.88. The highest BCUT2D eigenvalue weighted by molar-refractivity contribution is 5.82. The number of nitrogens with two attached hydrogens (primary N) is 1. The molecule has 7 N–H and O–H groups in total. The van der Waals surface area contributed by atoms with Gasteiger partial charge in [-0.3, -0.25) is 33.8 Å². The number of primary amides is 1. The first-order chi connectivity index (χ1) is 27.8. The van der Waals surface area contributed by atoms with Crippen LogP contribution in [0.2, 0.25) is 0 Å². The Hall–Kier alpha value is -4.34. The molecule has 2 heterocycles. The minimum absolute atomic E-state index is 0.000563. The van der Waals surface area contributed by atoms with Gasteiger partial charge in [0, 0.05) is 32.0 Å². The molecule has 0 aromatic heterocycles. The number of β-amino-alcohol motifs (C(OH)–C–C–N with tert-alkyl or cyclic N) is 2. The molecule has 0 radical (unpaired) electrons. The molecule has 0 bridgehead atoms. The lowest BCUT2D eigenvalue weighted by Gasteiger charge is -2.29. The van der Waals surface area contributed by atoms with Crippen LogP contribution in [0.25, 0.3) is 0 Å². The molecule has 8 unspecified atom stereocenters. The van der Waals surface area contributed by atoms with E-state index in [0.717, 1.165) is 51.6 Å². The number of benzene rings is 2. The first-order valence-corrected chi connectivity index (χ1v) is 20.6. The van der Waals surface area contributed by atoms with Gasteiger partial charge in [0.2, 0.25) is 5.91 Å². The molecule has 4 rings (SSSR count). The van der Waals surface area contributed by atoms with Crippen LogP contribution in [0.15, 0.2) is 60.7 Å². The zero-order valence-corrected chi connectivity index (χ0v) is 36.1. The van der Waals surface area contributed by atoms with E-state index in [4.69, 9.17) is 15.9 Å². The van der Waals surface area contributed by atoms with Crippen LogP contribution >= 0.6 is 0 Å². The minimum Gasteiger partial charge on any atom is -0.481 e. The van der Waals surface area contributed by atoms with Crippen molar-refractivity contribution in [2.75, 3.05) is 33.2 Å². The lowest BCUT2D eigenvalue weighted by Crippen LogP contribution is -2.48. The number of carbonyl (C=O) groups excluding carboxylic acids is 4. The molecule has 14 nitrogen and oxygen atoms in total. The highest BCUT2D eigenvalue weighted by atomic mass is 16.4. The summed E-state index contributed by atoms with van der Waals surface area (Å²) < 4.78 is 0. The third-order valence-electron chi connectivity index (χ3n) is 10.6. The summed E-state index contributed by atoms with van der Waals surface area (Å²) in [4.78, 5) is 68.0. The van der Waals surface area contributed by atoms with Gasteiger partial charge in [-0.25, -0.2) is 0 Å². The van der Waals surface area contributed by atoms with Crippen LogP contribution in [-0.4, -0.2) is 129 Å². The summed E-state index contributed by atoms with van der Waals surface area (Å²) in [5.74, 6) is -3.13. The lowest BCUT2D eigenvalue weighted by molar-refractivity contribution is -0.143. The molecule has 8 atom stereocenters. The number of carboxylic acids is 2. The molecular weight excluding hydrogens is 757 g/mol. The number of likely N-dealkylation sites (N-methyl/N-ethyl adjacent to an activating group) is 1. The lowest BCUT2D eigenvalue weighted by atomic mass is 9.95. The van der Waals surface area contributed by atoms with Gasteiger partial charge in [-0.1, -0.05) is 81.4 Å². The fraction of sp³-hybridized carbons (Fsp3) is 0.600. The van der Waals surface area contributed by atoms with Gasteiger partial charge < -0.3 is 36.3 Å². The van der Waals surface area contributed by atoms with Gasteiger partial charge in [0.15, 0.2) is 0 Å². The van der Waals surface area contributed by atoms with Gasteiger partial charge in [-0.15, -0.1) is 0 Å². The average Bonchev–Trinajstić information content (AvgIpc) is 3.85. The molecule has 0 spiro atoms. The maximum atomic E-state index is 11.6. The largest absolute Gasteiger partial charge is 0.481 e. The molecule has 2 saturated heterocycles. The van der Waals surface area contributed by atoms with Crippen molar-refractivity contribution in [1.29, 1.82) is 0 Å². The van der Waals surface area contributed by atoms with E-state index in [2.05, 4.69) is 46.3 Å². The number of aliphatic hydroxyl groups excluding tert-OH is 2. The summed E-state index contributed by atoms with van der Waals surface area (Å²) in [6.07, 6.45) is 4.82. The number of rotatable bonds is 19. The van der Waals surface area contributed by atoms with Crippen LogP contribution in [-0.2, 0) is 41.6 Å². The Morgan fingerprint density at radius 2 is 1.08 bits per heavy atom. The van der Waals surface area contributed by atoms with E-state index in [1.165, 1.54) is 31.9 Å². The summed E-state index contributed by atoms with van der Waals surface area (Å²) in [6.45, 7) is 12.7. The number of nitrogens with zero attached hydrogens (tertiary/aromatic N) is 2. The molecule has 330 valence electrons. The summed E-state index contributed by atoms with van der Waals surface area (Å²) >= 11 is 0. The number of hydrogen-bond acceptors (Lipinski definition) is 11. The maximum absolute atomic E-state index is 11.6. The van der Waals surface area contributed by atoms with Crippen LogP contribution in [0.3, 0.4) is 0 Å². The third-order valence-corrected chi connectivity index (χ3v) is 10.6. The Morgan fingerprint density at radius 1 is 0.678 bits per heavy atom. The molecule has 2 aromatic rings. The number of Topliss-reactive ketones (excluding diaryl/α,β-unsaturated/α-hetero) is 3. The fourth-order valence-electron chi connectivity index (χ4n) is 7.13. The van der Waals surface area contributed by atoms with Crippen molar-refractivity contribution >= 4 is 35.2 Å². The van der Waals surface area contributed by atoms with Crippen molar-refractivity contribution in [1.82, 2.24) is 15.1 Å². The molecule has 2 aliphatic heterocycles. The van der Waals surface area contributed by atoms with E-state index in [9.17, 15) is 39.0 Å². The van der Waals surface area contributed by atoms with Crippen LogP contribution in [0, 0.1) is 17.8 Å². The molecule has 2 fully saturated rings. The second-order valence-corrected chi connectivity index (χ2v) is 16.0. The quantitative estimate of drug-likeness (QED) is 0.119. The predicted octanol–water partition coefficient (Wildman–Crippen LogP) is 3.78. The minimum atomic E-state index is -0.992. The number of carboxylic acid groups (broad SMARTS) is 2. The highest BCUT2D eigenvalue weighted by Gasteiger charge is 2.32. The normalized spacial score (nSPS) is 19.4. The van der Waals surface area contributed by atoms with Crippen LogP contribution in [0.4, 0.5) is 0 Å². The van der Waals surface area contributed by atoms with E-state index in [1.54, 1.807) is 13.8 Å². The Morgan fingerprint density at radius 3 is 1.42 bits per heavy atom. The van der Waals surface area contributed by atoms with Crippen molar-refractivity contribution < 1.29 is 49.2 Å². The molecule has 0 aliphatic carbocycles. The monoisotopic (exact) mass is 827 g/mol. The Kier molecular flexibility index (Phi) is 25.2. The number of likely N-dealkylation sites (tertiary alicyclic amines) is 2. The topological polar surface area (TPSA) is 228 Å². The van der Waals surface area contributed by atoms with E-state index in [1.807, 2.05) is 43.4 Å². The smallest absolute Gasteiger partial charge is 0.306 e. The summed E-state index contributed by atoms with van der Waals surface area (Å²) in [5, 5.41) is 40.6. The number of carbonyl (C=O) groups is 6. The molecule has 14 heteroatoms. The van der Waals surface area contributed by atoms with Gasteiger partial charge in [0.1, 0.15) is 17.3 Å². The summed E-state index contributed by atoms with van der Waals surface area (Å²) in [6, 6.07) is 20.4. The standard InChI is InChI=1S/C17H26N2O2.C17H25NO2.C6H10O3.C5H9NO3/c1-13(20)16-9-6-10-19(16)12-17(21)15(18-2)11-14-7-4-3-5-8-14;1-13(11-15-7-4-3-5-8-15)17(20)12-18-10-6-9-16(18)14(2)19;1-4(6(8)9)3-5(2)7;1-3(5(8)9)2-4(6)7/h3-5,7-8,15-18,21H,6,9-12H2,1-2H3;3-5,7-8,13,16-17,20H,6,9-12H2,1-2H3;4H,3H2,1-2H3,(H,8,9);3H,2H2,1H3,(H2,6,7)(H,8,9). The SMILES string of the molecule is CC(=O)C1CCCN1CC(O)C(C)Cc1ccccc1.CC(=O)CC(C)C(=O)O.CC(CC(N)=O)C(=O)O.CNC(Cc1ccccc1)C(O)CN1CCCC1C(C)=O. The number of amides is 1. The zero-order valence-electron chi connectivity index (χ0n) is 36.1. The first-order valence-electron chi connectivity index (χ1n) is 20.6. The van der Waals surface area contributed by atoms with Gasteiger partial charge in [0.05, 0.1) is 36.1 Å². The molecule has 1 amide bonds. The Bertz CT molecular complexity index is 1540. The van der Waals surface area contributed by atoms with Crippen molar-refractivity contribution in [2.45, 2.75) is 123 Å². The van der Waals surface area contributed by atoms with Crippen molar-refractivity contribution in [3.8, 4) is 0 Å². The second-order valence-electron chi connectivity index (χ2n) is 16.0. The number of aliphatic carboxylic acids is 2. The highest BCUT2D eigenvalue weighted by Crippen LogP contribution is 2.22. The predicted molar refractivity (Wildman–Crippen MR) is 228 cm³/mol. The van der Waals surface area contributed by atoms with E-state index in [0.29, 0.717) is 13.1 Å². The number of nitrogens with one attached hydrogen (secondary N) is 1. The zero-order chi connectivity index (χ0) is 44.7. The van der Waals surface area contributed by atoms with Crippen molar-refractivity contribution in [3.05, 3.63) is 71.8 Å². The molecule has 2 aromatic carbocycles. The fourth-order valence-corrected chi connectivity index (χ4v) is 7.13. The number of hydrogen-bond donors (Lipinski definition) is 6. The van der Waals surface area contributed by atoms with Crippen LogP contribution in [0.5, 0.6) is 0 Å². The number of aliphatic hydroxyl groups is 2. The Balaban J connectivity index is 0.000000424. The molecule has 0 saturated carbocycles. The maximum Gasteiger partial charge on any atom is 0.306 e.